The predicted molar refractivity (Wildman–Crippen MR) is 98.1 cm³/mol. The van der Waals surface area contributed by atoms with Gasteiger partial charge in [0.2, 0.25) is 5.91 Å². The average Bonchev–Trinajstić information content (AvgIpc) is 2.61. The molecule has 2 saturated heterocycles. The van der Waals surface area contributed by atoms with Gasteiger partial charge in [0.05, 0.1) is 6.04 Å². The first-order chi connectivity index (χ1) is 11.2. The number of halogens is 1. The smallest absolute Gasteiger partial charge is 0.223 e. The van der Waals surface area contributed by atoms with Crippen LogP contribution in [0.5, 0.6) is 0 Å². The van der Waals surface area contributed by atoms with Crippen molar-refractivity contribution in [1.29, 1.82) is 0 Å². The van der Waals surface area contributed by atoms with E-state index in [0.29, 0.717) is 18.2 Å². The molecule has 126 valence electrons. The minimum absolute atomic E-state index is 0.200. The molecule has 23 heavy (non-hydrogen) atoms. The van der Waals surface area contributed by atoms with Crippen molar-refractivity contribution in [3.63, 3.8) is 0 Å². The molecule has 0 aromatic heterocycles. The summed E-state index contributed by atoms with van der Waals surface area (Å²) < 4.78 is 0. The molecular weight excluding hydrogens is 328 g/mol. The Hall–Kier alpha value is -0.710. The summed E-state index contributed by atoms with van der Waals surface area (Å²) >= 11 is 7.93. The van der Waals surface area contributed by atoms with Crippen molar-refractivity contribution >= 4 is 29.3 Å². The molecule has 2 aliphatic heterocycles. The Morgan fingerprint density at radius 1 is 1.26 bits per heavy atom. The van der Waals surface area contributed by atoms with Crippen molar-refractivity contribution in [2.75, 3.05) is 31.1 Å². The maximum Gasteiger partial charge on any atom is 0.223 e. The van der Waals surface area contributed by atoms with Crippen LogP contribution in [0.3, 0.4) is 0 Å². The molecular formula is C18H25ClN2OS. The van der Waals surface area contributed by atoms with Crippen LogP contribution in [-0.2, 0) is 4.79 Å². The molecule has 1 amide bonds. The molecule has 1 unspecified atom stereocenters. The number of nitrogens with zero attached hydrogens (tertiary/aromatic N) is 1. The van der Waals surface area contributed by atoms with Gasteiger partial charge in [0, 0.05) is 29.5 Å². The van der Waals surface area contributed by atoms with Crippen LogP contribution in [-0.4, -0.2) is 41.9 Å². The largest absolute Gasteiger partial charge is 0.334 e. The number of nitrogens with one attached hydrogen (secondary N) is 1. The van der Waals surface area contributed by atoms with Crippen molar-refractivity contribution in [3.05, 3.63) is 34.9 Å². The second-order valence-corrected chi connectivity index (χ2v) is 8.05. The molecule has 3 nitrogen and oxygen atoms in total. The lowest BCUT2D eigenvalue weighted by molar-refractivity contribution is -0.133. The molecule has 2 heterocycles. The summed E-state index contributed by atoms with van der Waals surface area (Å²) in [6.07, 6.45) is 4.16. The number of piperidine rings is 1. The summed E-state index contributed by atoms with van der Waals surface area (Å²) in [5.41, 5.74) is 1.21. The molecule has 0 radical (unpaired) electrons. The molecule has 0 spiro atoms. The first kappa shape index (κ1) is 17.1. The molecule has 1 N–H and O–H groups in total. The Morgan fingerprint density at radius 2 is 2.00 bits per heavy atom. The molecule has 2 fully saturated rings. The van der Waals surface area contributed by atoms with Gasteiger partial charge in [-0.2, -0.15) is 11.8 Å². The second kappa shape index (κ2) is 8.41. The van der Waals surface area contributed by atoms with Gasteiger partial charge >= 0.3 is 0 Å². The zero-order chi connectivity index (χ0) is 16.1. The van der Waals surface area contributed by atoms with Crippen LogP contribution < -0.4 is 5.32 Å². The lowest BCUT2D eigenvalue weighted by Crippen LogP contribution is -2.41. The average molecular weight is 353 g/mol. The topological polar surface area (TPSA) is 32.3 Å². The summed E-state index contributed by atoms with van der Waals surface area (Å²) in [6.45, 7) is 3.07. The zero-order valence-electron chi connectivity index (χ0n) is 13.5. The number of carbonyl (C=O) groups excluding carboxylic acids is 1. The molecule has 3 rings (SSSR count). The van der Waals surface area contributed by atoms with Crippen molar-refractivity contribution in [3.8, 4) is 0 Å². The number of amides is 1. The molecule has 1 aromatic carbocycles. The van der Waals surface area contributed by atoms with Gasteiger partial charge in [-0.3, -0.25) is 4.79 Å². The number of hydrogen-bond acceptors (Lipinski definition) is 3. The molecule has 0 bridgehead atoms. The Bertz CT molecular complexity index is 516. The Kier molecular flexibility index (Phi) is 6.26. The second-order valence-electron chi connectivity index (χ2n) is 6.46. The maximum atomic E-state index is 12.8. The summed E-state index contributed by atoms with van der Waals surface area (Å²) in [6, 6.07) is 8.17. The number of benzene rings is 1. The first-order valence-electron chi connectivity index (χ1n) is 8.57. The number of thioether (sulfide) groups is 1. The molecule has 0 saturated carbocycles. The van der Waals surface area contributed by atoms with Crippen LogP contribution in [0.4, 0.5) is 0 Å². The third-order valence-corrected chi connectivity index (χ3v) is 6.20. The zero-order valence-corrected chi connectivity index (χ0v) is 15.0. The van der Waals surface area contributed by atoms with Gasteiger partial charge in [-0.15, -0.1) is 0 Å². The highest BCUT2D eigenvalue weighted by atomic mass is 35.5. The van der Waals surface area contributed by atoms with Gasteiger partial charge in [-0.05, 0) is 56.0 Å². The quantitative estimate of drug-likeness (QED) is 0.896. The lowest BCUT2D eigenvalue weighted by Gasteiger charge is -2.36. The van der Waals surface area contributed by atoms with E-state index in [2.05, 4.69) is 22.3 Å². The van der Waals surface area contributed by atoms with Gasteiger partial charge in [0.15, 0.2) is 0 Å². The van der Waals surface area contributed by atoms with Crippen molar-refractivity contribution in [2.45, 2.75) is 31.7 Å². The van der Waals surface area contributed by atoms with Crippen LogP contribution in [0.25, 0.3) is 0 Å². The van der Waals surface area contributed by atoms with Gasteiger partial charge < -0.3 is 10.2 Å². The summed E-state index contributed by atoms with van der Waals surface area (Å²) in [7, 11) is 0. The van der Waals surface area contributed by atoms with Crippen molar-refractivity contribution in [1.82, 2.24) is 10.2 Å². The van der Waals surface area contributed by atoms with E-state index < -0.39 is 0 Å². The Labute approximate surface area is 148 Å². The number of carbonyl (C=O) groups is 1. The van der Waals surface area contributed by atoms with Crippen LogP contribution in [0.1, 0.15) is 37.3 Å². The first-order valence-corrected chi connectivity index (χ1v) is 10.1. The summed E-state index contributed by atoms with van der Waals surface area (Å²) in [5, 5.41) is 4.14. The molecule has 0 aliphatic carbocycles. The van der Waals surface area contributed by atoms with E-state index in [1.807, 2.05) is 23.9 Å². The summed E-state index contributed by atoms with van der Waals surface area (Å²) in [5.74, 6) is 3.07. The highest BCUT2D eigenvalue weighted by Crippen LogP contribution is 2.31. The van der Waals surface area contributed by atoms with E-state index in [-0.39, 0.29) is 6.04 Å². The van der Waals surface area contributed by atoms with E-state index in [1.165, 1.54) is 18.4 Å². The standard InChI is InChI=1S/C18H25ClN2OS/c19-16-4-2-15(3-5-16)17-13-23-12-11-21(17)18(22)6-1-14-7-9-20-10-8-14/h2-5,14,17,20H,1,6-13H2. The van der Waals surface area contributed by atoms with Crippen LogP contribution in [0.15, 0.2) is 24.3 Å². The SMILES string of the molecule is O=C(CCC1CCNCC1)N1CCSCC1c1ccc(Cl)cc1. The number of hydrogen-bond donors (Lipinski definition) is 1. The molecule has 1 atom stereocenters. The predicted octanol–water partition coefficient (Wildman–Crippen LogP) is 3.74. The molecule has 1 aromatic rings. The van der Waals surface area contributed by atoms with Gasteiger partial charge in [-0.1, -0.05) is 23.7 Å². The highest BCUT2D eigenvalue weighted by Gasteiger charge is 2.28. The third kappa shape index (κ3) is 4.65. The van der Waals surface area contributed by atoms with Gasteiger partial charge in [0.1, 0.15) is 0 Å². The normalized spacial score (nSPS) is 23.0. The fourth-order valence-electron chi connectivity index (χ4n) is 3.50. The van der Waals surface area contributed by atoms with E-state index in [1.54, 1.807) is 0 Å². The highest BCUT2D eigenvalue weighted by molar-refractivity contribution is 7.99. The van der Waals surface area contributed by atoms with Crippen LogP contribution in [0, 0.1) is 5.92 Å². The lowest BCUT2D eigenvalue weighted by atomic mass is 9.93. The fraction of sp³-hybridized carbons (Fsp3) is 0.611. The minimum atomic E-state index is 0.200. The third-order valence-electron chi connectivity index (χ3n) is 4.93. The van der Waals surface area contributed by atoms with Gasteiger partial charge in [0.25, 0.3) is 0 Å². The van der Waals surface area contributed by atoms with E-state index in [4.69, 9.17) is 11.6 Å². The monoisotopic (exact) mass is 352 g/mol. The van der Waals surface area contributed by atoms with Crippen molar-refractivity contribution < 1.29 is 4.79 Å². The Balaban J connectivity index is 1.60. The van der Waals surface area contributed by atoms with E-state index >= 15 is 0 Å². The van der Waals surface area contributed by atoms with Gasteiger partial charge in [-0.25, -0.2) is 0 Å². The molecule has 5 heteroatoms. The minimum Gasteiger partial charge on any atom is -0.334 e. The maximum absolute atomic E-state index is 12.8. The van der Waals surface area contributed by atoms with Crippen LogP contribution >= 0.6 is 23.4 Å². The van der Waals surface area contributed by atoms with Crippen LogP contribution in [0.2, 0.25) is 5.02 Å². The van der Waals surface area contributed by atoms with Crippen molar-refractivity contribution in [2.24, 2.45) is 5.92 Å². The number of rotatable bonds is 4. The Morgan fingerprint density at radius 3 is 2.74 bits per heavy atom. The fourth-order valence-corrected chi connectivity index (χ4v) is 4.72. The van der Waals surface area contributed by atoms with E-state index in [0.717, 1.165) is 42.6 Å². The molecule has 2 aliphatic rings. The summed E-state index contributed by atoms with van der Waals surface area (Å²) in [4.78, 5) is 14.9. The van der Waals surface area contributed by atoms with E-state index in [9.17, 15) is 4.79 Å².